The van der Waals surface area contributed by atoms with Crippen molar-refractivity contribution in [3.8, 4) is 11.5 Å². The number of aryl methyl sites for hydroxylation is 1. The number of phenolic OH excluding ortho intramolecular Hbond substituents is 1. The fourth-order valence-electron chi connectivity index (χ4n) is 4.31. The molecule has 4 rings (SSSR count). The Balaban J connectivity index is 0.00000417. The van der Waals surface area contributed by atoms with Gasteiger partial charge >= 0.3 is 10.4 Å². The van der Waals surface area contributed by atoms with E-state index in [2.05, 4.69) is 19.7 Å². The number of azo groups is 1. The van der Waals surface area contributed by atoms with Crippen LogP contribution in [-0.2, 0) is 44.7 Å². The van der Waals surface area contributed by atoms with Crippen LogP contribution in [-0.4, -0.2) is 161 Å². The Morgan fingerprint density at radius 3 is 1.98 bits per heavy atom. The summed E-state index contributed by atoms with van der Waals surface area (Å²) in [7, 11) is -17.4. The summed E-state index contributed by atoms with van der Waals surface area (Å²) < 4.78 is 132. The molecule has 4 aromatic carbocycles. The van der Waals surface area contributed by atoms with Crippen LogP contribution in [0.15, 0.2) is 85.6 Å². The van der Waals surface area contributed by atoms with Crippen LogP contribution in [0.5, 0.6) is 11.5 Å². The SMILES string of the molecule is COc1cc(S(=O)(=O)CCOS(=O)(=O)O)c(C)cc1N=Nc1c(S(=O)(=O)O)cc2ccc(Nc3cccc(S(=O)(=O)O)c3)cc2c1O.[Na].[Na].[Na]. The van der Waals surface area contributed by atoms with Crippen molar-refractivity contribution in [2.24, 2.45) is 10.2 Å². The number of anilines is 2. The summed E-state index contributed by atoms with van der Waals surface area (Å²) >= 11 is 0. The molecule has 0 unspecified atom stereocenters. The minimum atomic E-state index is -4.99. The second kappa shape index (κ2) is 18.2. The number of hydrogen-bond donors (Lipinski definition) is 5. The first-order valence-corrected chi connectivity index (χ1v) is 18.7. The number of benzene rings is 4. The summed E-state index contributed by atoms with van der Waals surface area (Å²) in [5.41, 5.74) is -0.207. The van der Waals surface area contributed by atoms with Gasteiger partial charge in [0, 0.05) is 111 Å². The van der Waals surface area contributed by atoms with Crippen LogP contribution in [0.25, 0.3) is 10.8 Å². The molecule has 0 atom stereocenters. The van der Waals surface area contributed by atoms with E-state index in [1.54, 1.807) is 0 Å². The predicted molar refractivity (Wildman–Crippen MR) is 184 cm³/mol. The number of fused-ring (bicyclic) bond motifs is 1. The van der Waals surface area contributed by atoms with Gasteiger partial charge in [0.25, 0.3) is 20.2 Å². The summed E-state index contributed by atoms with van der Waals surface area (Å²) in [5.74, 6) is -1.74. The van der Waals surface area contributed by atoms with Gasteiger partial charge < -0.3 is 15.2 Å². The summed E-state index contributed by atoms with van der Waals surface area (Å²) in [6.07, 6.45) is 0. The quantitative estimate of drug-likeness (QED) is 0.0783. The van der Waals surface area contributed by atoms with Crippen LogP contribution in [0.1, 0.15) is 5.56 Å². The molecule has 4 aromatic rings. The molecule has 0 amide bonds. The Morgan fingerprint density at radius 2 is 1.40 bits per heavy atom. The Bertz CT molecular complexity index is 2380. The van der Waals surface area contributed by atoms with E-state index in [9.17, 15) is 47.9 Å². The Morgan fingerprint density at radius 1 is 0.760 bits per heavy atom. The number of ether oxygens (including phenoxy) is 1. The normalized spacial score (nSPS) is 12.1. The van der Waals surface area contributed by atoms with E-state index in [-0.39, 0.29) is 132 Å². The van der Waals surface area contributed by atoms with E-state index >= 15 is 0 Å². The van der Waals surface area contributed by atoms with E-state index < -0.39 is 69.2 Å². The first-order valence-electron chi connectivity index (χ1n) is 12.8. The molecule has 0 aliphatic carbocycles. The van der Waals surface area contributed by atoms with Gasteiger partial charge in [-0.3, -0.25) is 13.7 Å². The molecule has 5 N–H and O–H groups in total. The Hall–Kier alpha value is -1.22. The molecule has 0 heterocycles. The van der Waals surface area contributed by atoms with Crippen LogP contribution < -0.4 is 10.1 Å². The zero-order valence-corrected chi connectivity index (χ0v) is 36.4. The average Bonchev–Trinajstić information content (AvgIpc) is 2.95. The molecule has 24 heteroatoms. The van der Waals surface area contributed by atoms with Gasteiger partial charge in [-0.05, 0) is 60.3 Å². The summed E-state index contributed by atoms with van der Waals surface area (Å²) in [6, 6.07) is 12.7. The molecule has 3 radical (unpaired) electrons. The number of rotatable bonds is 12. The minimum Gasteiger partial charge on any atom is -0.505 e. The van der Waals surface area contributed by atoms with Crippen LogP contribution in [0.3, 0.4) is 0 Å². The second-order valence-corrected chi connectivity index (χ2v) is 15.6. The van der Waals surface area contributed by atoms with Crippen molar-refractivity contribution in [1.82, 2.24) is 0 Å². The smallest absolute Gasteiger partial charge is 0.397 e. The molecule has 0 aliphatic rings. The van der Waals surface area contributed by atoms with Gasteiger partial charge in [-0.15, -0.1) is 10.2 Å². The van der Waals surface area contributed by atoms with Crippen molar-refractivity contribution in [3.05, 3.63) is 66.2 Å². The maximum Gasteiger partial charge on any atom is 0.397 e. The topological polar surface area (TPSA) is 273 Å². The van der Waals surface area contributed by atoms with Gasteiger partial charge in [0.05, 0.1) is 29.3 Å². The van der Waals surface area contributed by atoms with Gasteiger partial charge in [0.15, 0.2) is 15.6 Å². The molecule has 0 fully saturated rings. The van der Waals surface area contributed by atoms with E-state index in [0.29, 0.717) is 5.69 Å². The van der Waals surface area contributed by atoms with Gasteiger partial charge in [-0.1, -0.05) is 12.1 Å². The number of phenols is 1. The third-order valence-electron chi connectivity index (χ3n) is 6.40. The molecule has 0 bridgehead atoms. The van der Waals surface area contributed by atoms with E-state index in [4.69, 9.17) is 9.29 Å². The molecule has 255 valence electrons. The van der Waals surface area contributed by atoms with Gasteiger partial charge in [-0.2, -0.15) is 25.3 Å². The number of hydrogen-bond acceptors (Lipinski definition) is 14. The van der Waals surface area contributed by atoms with Crippen molar-refractivity contribution < 1.29 is 61.4 Å². The van der Waals surface area contributed by atoms with Gasteiger partial charge in [-0.25, -0.2) is 12.6 Å². The van der Waals surface area contributed by atoms with E-state index in [0.717, 1.165) is 18.2 Å². The van der Waals surface area contributed by atoms with Crippen molar-refractivity contribution in [2.45, 2.75) is 21.6 Å². The molecule has 17 nitrogen and oxygen atoms in total. The maximum absolute atomic E-state index is 12.8. The number of nitrogens with zero attached hydrogens (tertiary/aromatic N) is 2. The largest absolute Gasteiger partial charge is 0.505 e. The number of sulfone groups is 1. The zero-order valence-electron chi connectivity index (χ0n) is 27.1. The van der Waals surface area contributed by atoms with Crippen molar-refractivity contribution >= 4 is 163 Å². The third-order valence-corrected chi connectivity index (χ3v) is 10.4. The van der Waals surface area contributed by atoms with Gasteiger partial charge in [0.1, 0.15) is 22.0 Å². The van der Waals surface area contributed by atoms with E-state index in [1.165, 1.54) is 56.5 Å². The molecule has 0 aromatic heterocycles. The molecule has 0 saturated carbocycles. The summed E-state index contributed by atoms with van der Waals surface area (Å²) in [6.45, 7) is 0.491. The summed E-state index contributed by atoms with van der Waals surface area (Å²) in [5, 5.41) is 22.0. The van der Waals surface area contributed by atoms with Crippen molar-refractivity contribution in [2.75, 3.05) is 24.8 Å². The van der Waals surface area contributed by atoms with Crippen LogP contribution in [0.4, 0.5) is 22.7 Å². The monoisotopic (exact) mass is 800 g/mol. The Kier molecular flexibility index (Phi) is 17.0. The van der Waals surface area contributed by atoms with Crippen LogP contribution in [0.2, 0.25) is 0 Å². The molecular formula is C26H25N3Na3O14S4. The van der Waals surface area contributed by atoms with E-state index in [1.807, 2.05) is 0 Å². The van der Waals surface area contributed by atoms with Crippen molar-refractivity contribution in [1.29, 1.82) is 0 Å². The van der Waals surface area contributed by atoms with Crippen molar-refractivity contribution in [3.63, 3.8) is 0 Å². The molecule has 0 saturated heterocycles. The molecular weight excluding hydrogens is 776 g/mol. The maximum atomic E-state index is 12.8. The fraction of sp³-hybridized carbons (Fsp3) is 0.154. The first-order chi connectivity index (χ1) is 21.7. The third kappa shape index (κ3) is 11.9. The fourth-order valence-corrected chi connectivity index (χ4v) is 7.25. The molecule has 0 spiro atoms. The molecule has 0 aliphatic heterocycles. The Labute approximate surface area is 354 Å². The first kappa shape index (κ1) is 46.8. The molecule has 50 heavy (non-hydrogen) atoms. The number of methoxy groups -OCH3 is 1. The minimum absolute atomic E-state index is 0. The summed E-state index contributed by atoms with van der Waals surface area (Å²) in [4.78, 5) is -1.50. The average molecular weight is 801 g/mol. The zero-order chi connectivity index (χ0) is 34.9. The number of aromatic hydroxyl groups is 1. The predicted octanol–water partition coefficient (Wildman–Crippen LogP) is 2.97. The van der Waals surface area contributed by atoms with Gasteiger partial charge in [0.2, 0.25) is 0 Å². The second-order valence-electron chi connectivity index (χ2n) is 9.67. The van der Waals surface area contributed by atoms with Crippen LogP contribution >= 0.6 is 0 Å². The standard InChI is InChI=1S/C26H25N3O14S4.3Na/c1-15-10-21(22(42-2)14-23(15)44(31,32)9-8-43-47(39,40)41)28-29-25-24(46(36,37)38)11-16-6-7-18(13-20(16)26(25)30)27-17-4-3-5-19(12-17)45(33,34)35;;;/h3-7,10-14,27,30H,8-9H2,1-2H3,(H,33,34,35)(H,36,37,38)(H,39,40,41);;;. The number of nitrogens with one attached hydrogen (secondary N) is 1. The van der Waals surface area contributed by atoms with Crippen LogP contribution in [0, 0.1) is 6.92 Å².